The van der Waals surface area contributed by atoms with Gasteiger partial charge in [0.15, 0.2) is 0 Å². The third-order valence-electron chi connectivity index (χ3n) is 5.36. The Hall–Kier alpha value is -2.38. The molecule has 1 atom stereocenters. The smallest absolute Gasteiger partial charge is 0.236 e. The zero-order valence-corrected chi connectivity index (χ0v) is 17.0. The van der Waals surface area contributed by atoms with Crippen LogP contribution in [0.5, 0.6) is 5.75 Å². The van der Waals surface area contributed by atoms with Gasteiger partial charge in [-0.2, -0.15) is 0 Å². The number of benzene rings is 1. The largest absolute Gasteiger partial charge is 0.489 e. The zero-order chi connectivity index (χ0) is 20.6. The Kier molecular flexibility index (Phi) is 7.66. The summed E-state index contributed by atoms with van der Waals surface area (Å²) in [5.74, 6) is 0.986. The summed E-state index contributed by atoms with van der Waals surface area (Å²) in [4.78, 5) is 30.0. The van der Waals surface area contributed by atoms with E-state index in [1.807, 2.05) is 34.1 Å². The highest BCUT2D eigenvalue weighted by Crippen LogP contribution is 2.21. The lowest BCUT2D eigenvalue weighted by Crippen LogP contribution is -2.39. The first-order valence-electron chi connectivity index (χ1n) is 10.3. The average molecular weight is 402 g/mol. The number of carbonyl (C=O) groups is 2. The van der Waals surface area contributed by atoms with Gasteiger partial charge in [-0.25, -0.2) is 0 Å². The number of nitrogens with zero attached hydrogens (tertiary/aromatic N) is 3. The minimum Gasteiger partial charge on any atom is -0.489 e. The van der Waals surface area contributed by atoms with Gasteiger partial charge in [0.05, 0.1) is 12.6 Å². The number of ether oxygens (including phenoxy) is 1. The summed E-state index contributed by atoms with van der Waals surface area (Å²) in [6, 6.07) is 7.74. The maximum Gasteiger partial charge on any atom is 0.236 e. The fourth-order valence-electron chi connectivity index (χ4n) is 3.96. The topological polar surface area (TPSA) is 73.3 Å². The number of amides is 2. The number of aliphatic hydroxyl groups is 1. The van der Waals surface area contributed by atoms with Gasteiger partial charge in [-0.05, 0) is 18.9 Å². The molecule has 1 aromatic rings. The molecule has 2 amide bonds. The van der Waals surface area contributed by atoms with Gasteiger partial charge in [0.25, 0.3) is 0 Å². The van der Waals surface area contributed by atoms with E-state index in [0.717, 1.165) is 30.7 Å². The second kappa shape index (κ2) is 10.4. The molecule has 0 bridgehead atoms. The van der Waals surface area contributed by atoms with E-state index in [-0.39, 0.29) is 18.4 Å². The highest BCUT2D eigenvalue weighted by Gasteiger charge is 2.27. The minimum absolute atomic E-state index is 0.0128. The Labute approximate surface area is 172 Å². The molecule has 2 fully saturated rings. The normalized spacial score (nSPS) is 20.8. The van der Waals surface area contributed by atoms with Crippen molar-refractivity contribution in [2.24, 2.45) is 0 Å². The maximum absolute atomic E-state index is 12.8. The number of aliphatic hydroxyl groups excluding tert-OH is 1. The fraction of sp³-hybridized carbons (Fsp3) is 0.545. The number of para-hydroxylation sites is 1. The molecule has 0 spiro atoms. The van der Waals surface area contributed by atoms with Gasteiger partial charge in [0.2, 0.25) is 11.8 Å². The second-order valence-corrected chi connectivity index (χ2v) is 7.71. The monoisotopic (exact) mass is 401 g/mol. The Morgan fingerprint density at radius 3 is 2.69 bits per heavy atom. The van der Waals surface area contributed by atoms with Crippen LogP contribution in [0.2, 0.25) is 0 Å². The lowest BCUT2D eigenvalue weighted by Gasteiger charge is -2.23. The van der Waals surface area contributed by atoms with Crippen molar-refractivity contribution in [1.29, 1.82) is 0 Å². The Morgan fingerprint density at radius 1 is 1.14 bits per heavy atom. The van der Waals surface area contributed by atoms with E-state index in [4.69, 9.17) is 4.74 Å². The van der Waals surface area contributed by atoms with Crippen molar-refractivity contribution in [3.63, 3.8) is 0 Å². The van der Waals surface area contributed by atoms with Crippen LogP contribution in [0.15, 0.2) is 36.9 Å². The summed E-state index contributed by atoms with van der Waals surface area (Å²) in [5.41, 5.74) is 0.982. The van der Waals surface area contributed by atoms with Crippen LogP contribution in [0.4, 0.5) is 0 Å². The third-order valence-corrected chi connectivity index (χ3v) is 5.36. The van der Waals surface area contributed by atoms with E-state index in [9.17, 15) is 14.7 Å². The van der Waals surface area contributed by atoms with Crippen molar-refractivity contribution in [2.75, 3.05) is 45.9 Å². The van der Waals surface area contributed by atoms with E-state index in [2.05, 4.69) is 6.58 Å². The molecule has 7 heteroatoms. The summed E-state index contributed by atoms with van der Waals surface area (Å²) in [7, 11) is 0. The molecule has 0 aliphatic carbocycles. The third kappa shape index (κ3) is 6.05. The zero-order valence-electron chi connectivity index (χ0n) is 17.0. The molecule has 29 heavy (non-hydrogen) atoms. The highest BCUT2D eigenvalue weighted by molar-refractivity contribution is 5.79. The van der Waals surface area contributed by atoms with Crippen LogP contribution in [0.3, 0.4) is 0 Å². The summed E-state index contributed by atoms with van der Waals surface area (Å²) in [6.45, 7) is 7.71. The van der Waals surface area contributed by atoms with Crippen LogP contribution < -0.4 is 4.74 Å². The van der Waals surface area contributed by atoms with Crippen LogP contribution in [-0.2, 0) is 16.1 Å². The first-order chi connectivity index (χ1) is 14.1. The van der Waals surface area contributed by atoms with Crippen molar-refractivity contribution in [3.8, 4) is 5.75 Å². The molecule has 158 valence electrons. The SMILES string of the molecule is C=CCOc1ccccc1CN1CC(=O)N(CCCN2CCCC2=O)CC(O)C1. The van der Waals surface area contributed by atoms with E-state index in [0.29, 0.717) is 45.8 Å². The van der Waals surface area contributed by atoms with Gasteiger partial charge >= 0.3 is 0 Å². The second-order valence-electron chi connectivity index (χ2n) is 7.71. The van der Waals surface area contributed by atoms with Crippen LogP contribution >= 0.6 is 0 Å². The fourth-order valence-corrected chi connectivity index (χ4v) is 3.96. The maximum atomic E-state index is 12.8. The van der Waals surface area contributed by atoms with Gasteiger partial charge in [-0.15, -0.1) is 0 Å². The van der Waals surface area contributed by atoms with Gasteiger partial charge < -0.3 is 19.6 Å². The predicted octanol–water partition coefficient (Wildman–Crippen LogP) is 1.27. The number of rotatable bonds is 9. The summed E-state index contributed by atoms with van der Waals surface area (Å²) in [6.07, 6.45) is 3.39. The van der Waals surface area contributed by atoms with Crippen LogP contribution in [0.1, 0.15) is 24.8 Å². The lowest BCUT2D eigenvalue weighted by atomic mass is 10.2. The summed E-state index contributed by atoms with van der Waals surface area (Å²) < 4.78 is 5.71. The quantitative estimate of drug-likeness (QED) is 0.631. The van der Waals surface area contributed by atoms with Crippen molar-refractivity contribution < 1.29 is 19.4 Å². The number of likely N-dealkylation sites (tertiary alicyclic amines) is 1. The molecular formula is C22H31N3O4. The van der Waals surface area contributed by atoms with Crippen molar-refractivity contribution in [1.82, 2.24) is 14.7 Å². The molecule has 2 saturated heterocycles. The number of β-amino-alcohol motifs (C(OH)–C–C–N with tert-alkyl or cyclic N) is 1. The van der Waals surface area contributed by atoms with Crippen LogP contribution in [-0.4, -0.2) is 83.6 Å². The van der Waals surface area contributed by atoms with Gasteiger partial charge in [0, 0.05) is 51.3 Å². The molecule has 3 rings (SSSR count). The first-order valence-corrected chi connectivity index (χ1v) is 10.3. The number of carbonyl (C=O) groups excluding carboxylic acids is 2. The molecule has 2 aliphatic rings. The highest BCUT2D eigenvalue weighted by atomic mass is 16.5. The number of hydrogen-bond acceptors (Lipinski definition) is 5. The Morgan fingerprint density at radius 2 is 1.93 bits per heavy atom. The molecule has 2 heterocycles. The van der Waals surface area contributed by atoms with E-state index >= 15 is 0 Å². The summed E-state index contributed by atoms with van der Waals surface area (Å²) in [5, 5.41) is 10.4. The molecule has 1 aromatic carbocycles. The van der Waals surface area contributed by atoms with Crippen molar-refractivity contribution >= 4 is 11.8 Å². The van der Waals surface area contributed by atoms with E-state index in [1.165, 1.54) is 0 Å². The van der Waals surface area contributed by atoms with Crippen LogP contribution in [0.25, 0.3) is 0 Å². The van der Waals surface area contributed by atoms with Crippen molar-refractivity contribution in [3.05, 3.63) is 42.5 Å². The average Bonchev–Trinajstić information content (AvgIpc) is 3.05. The lowest BCUT2D eigenvalue weighted by molar-refractivity contribution is -0.131. The molecule has 0 saturated carbocycles. The molecule has 1 N–H and O–H groups in total. The summed E-state index contributed by atoms with van der Waals surface area (Å²) >= 11 is 0. The van der Waals surface area contributed by atoms with Gasteiger partial charge in [-0.1, -0.05) is 30.9 Å². The molecule has 7 nitrogen and oxygen atoms in total. The molecule has 2 aliphatic heterocycles. The Bertz CT molecular complexity index is 724. The predicted molar refractivity (Wildman–Crippen MR) is 110 cm³/mol. The van der Waals surface area contributed by atoms with E-state index < -0.39 is 6.10 Å². The molecule has 1 unspecified atom stereocenters. The van der Waals surface area contributed by atoms with E-state index in [1.54, 1.807) is 11.0 Å². The molecule has 0 aromatic heterocycles. The molecule has 0 radical (unpaired) electrons. The number of hydrogen-bond donors (Lipinski definition) is 1. The minimum atomic E-state index is -0.601. The Balaban J connectivity index is 1.55. The van der Waals surface area contributed by atoms with Gasteiger partial charge in [0.1, 0.15) is 12.4 Å². The molecular weight excluding hydrogens is 370 g/mol. The van der Waals surface area contributed by atoms with Crippen molar-refractivity contribution in [2.45, 2.75) is 31.9 Å². The van der Waals surface area contributed by atoms with Crippen LogP contribution in [0, 0.1) is 0 Å². The standard InChI is InChI=1S/C22H31N3O4/c1-2-13-29-20-8-4-3-7-18(20)14-23-15-19(26)16-25(22(28)17-23)12-6-11-24-10-5-9-21(24)27/h2-4,7-8,19,26H,1,5-6,9-17H2. The first kappa shape index (κ1) is 21.3. The van der Waals surface area contributed by atoms with Gasteiger partial charge in [-0.3, -0.25) is 14.5 Å².